The Morgan fingerprint density at radius 2 is 2.25 bits per heavy atom. The summed E-state index contributed by atoms with van der Waals surface area (Å²) < 4.78 is 30.8. The van der Waals surface area contributed by atoms with Crippen LogP contribution in [0.3, 0.4) is 0 Å². The first-order valence-corrected chi connectivity index (χ1v) is 9.57. The van der Waals surface area contributed by atoms with Crippen molar-refractivity contribution in [1.29, 1.82) is 5.26 Å². The Morgan fingerprint density at radius 1 is 1.50 bits per heavy atom. The molecule has 1 heterocycles. The van der Waals surface area contributed by atoms with E-state index in [-0.39, 0.29) is 18.6 Å². The molecule has 0 aromatic heterocycles. The molecule has 1 saturated heterocycles. The number of benzene rings is 1. The van der Waals surface area contributed by atoms with Gasteiger partial charge in [0.1, 0.15) is 6.54 Å². The van der Waals surface area contributed by atoms with E-state index in [1.54, 1.807) is 23.1 Å². The van der Waals surface area contributed by atoms with Crippen molar-refractivity contribution in [2.75, 3.05) is 36.8 Å². The number of anilines is 1. The lowest BCUT2D eigenvalue weighted by molar-refractivity contribution is -0.137. The van der Waals surface area contributed by atoms with Gasteiger partial charge in [0.15, 0.2) is 0 Å². The zero-order valence-electron chi connectivity index (χ0n) is 13.8. The minimum absolute atomic E-state index is 0.0173. The van der Waals surface area contributed by atoms with E-state index in [9.17, 15) is 13.2 Å². The predicted octanol–water partition coefficient (Wildman–Crippen LogP) is 0.962. The van der Waals surface area contributed by atoms with E-state index in [2.05, 4.69) is 0 Å². The molecule has 1 amide bonds. The van der Waals surface area contributed by atoms with Gasteiger partial charge in [0.05, 0.1) is 36.3 Å². The average molecular weight is 351 g/mol. The summed E-state index contributed by atoms with van der Waals surface area (Å²) in [7, 11) is -3.65. The van der Waals surface area contributed by atoms with Crippen molar-refractivity contribution in [3.05, 3.63) is 29.8 Å². The van der Waals surface area contributed by atoms with Crippen LogP contribution in [-0.4, -0.2) is 57.8 Å². The van der Waals surface area contributed by atoms with Gasteiger partial charge >= 0.3 is 0 Å². The maximum absolute atomic E-state index is 12.5. The first-order chi connectivity index (χ1) is 11.3. The molecular formula is C16H21N3O4S. The Balaban J connectivity index is 2.20. The Hall–Kier alpha value is -2.11. The molecule has 7 nitrogen and oxygen atoms in total. The largest absolute Gasteiger partial charge is 0.375 e. The molecule has 0 N–H and O–H groups in total. The van der Waals surface area contributed by atoms with Crippen molar-refractivity contribution in [3.63, 3.8) is 0 Å². The van der Waals surface area contributed by atoms with Gasteiger partial charge in [-0.05, 0) is 24.6 Å². The van der Waals surface area contributed by atoms with Gasteiger partial charge in [-0.3, -0.25) is 9.10 Å². The molecule has 8 heteroatoms. The Morgan fingerprint density at radius 3 is 2.88 bits per heavy atom. The number of nitriles is 1. The summed E-state index contributed by atoms with van der Waals surface area (Å²) in [5.74, 6) is -0.274. The van der Waals surface area contributed by atoms with E-state index in [1.807, 2.05) is 13.0 Å². The van der Waals surface area contributed by atoms with Crippen molar-refractivity contribution in [2.45, 2.75) is 19.4 Å². The van der Waals surface area contributed by atoms with Crippen LogP contribution in [0.5, 0.6) is 0 Å². The number of rotatable bonds is 5. The van der Waals surface area contributed by atoms with Crippen LogP contribution in [0.1, 0.15) is 18.9 Å². The number of hydrogen-bond donors (Lipinski definition) is 0. The molecule has 0 radical (unpaired) electrons. The normalized spacial score (nSPS) is 18.0. The van der Waals surface area contributed by atoms with Crippen LogP contribution in [0.4, 0.5) is 5.69 Å². The van der Waals surface area contributed by atoms with Gasteiger partial charge in [0.25, 0.3) is 0 Å². The quantitative estimate of drug-likeness (QED) is 0.788. The molecule has 0 aliphatic carbocycles. The first-order valence-electron chi connectivity index (χ1n) is 7.72. The summed E-state index contributed by atoms with van der Waals surface area (Å²) in [6.45, 7) is 3.06. The molecular weight excluding hydrogens is 330 g/mol. The van der Waals surface area contributed by atoms with Crippen molar-refractivity contribution in [3.8, 4) is 6.07 Å². The molecule has 1 aliphatic heterocycles. The number of carbonyl (C=O) groups excluding carboxylic acids is 1. The lowest BCUT2D eigenvalue weighted by Gasteiger charge is -2.34. The van der Waals surface area contributed by atoms with Gasteiger partial charge in [-0.25, -0.2) is 8.42 Å². The highest BCUT2D eigenvalue weighted by atomic mass is 32.2. The summed E-state index contributed by atoms with van der Waals surface area (Å²) in [5, 5.41) is 8.98. The molecule has 0 spiro atoms. The second kappa shape index (κ2) is 7.64. The fraction of sp³-hybridized carbons (Fsp3) is 0.500. The summed E-state index contributed by atoms with van der Waals surface area (Å²) in [4.78, 5) is 14.2. The van der Waals surface area contributed by atoms with Crippen molar-refractivity contribution in [2.24, 2.45) is 0 Å². The third-order valence-electron chi connectivity index (χ3n) is 3.89. The molecule has 1 fully saturated rings. The van der Waals surface area contributed by atoms with Crippen molar-refractivity contribution < 1.29 is 17.9 Å². The summed E-state index contributed by atoms with van der Waals surface area (Å²) in [5.41, 5.74) is 0.649. The lowest BCUT2D eigenvalue weighted by atomic mass is 10.2. The third-order valence-corrected chi connectivity index (χ3v) is 5.03. The highest BCUT2D eigenvalue weighted by Gasteiger charge is 2.27. The third kappa shape index (κ3) is 4.46. The predicted molar refractivity (Wildman–Crippen MR) is 90.0 cm³/mol. The number of morpholine rings is 1. The van der Waals surface area contributed by atoms with Crippen LogP contribution >= 0.6 is 0 Å². The molecule has 2 rings (SSSR count). The molecule has 0 saturated carbocycles. The zero-order chi connectivity index (χ0) is 17.7. The molecule has 130 valence electrons. The molecule has 24 heavy (non-hydrogen) atoms. The van der Waals surface area contributed by atoms with E-state index in [0.717, 1.165) is 17.0 Å². The fourth-order valence-corrected chi connectivity index (χ4v) is 3.39. The lowest BCUT2D eigenvalue weighted by Crippen LogP contribution is -2.49. The number of carbonyl (C=O) groups is 1. The van der Waals surface area contributed by atoms with E-state index in [0.29, 0.717) is 30.9 Å². The maximum atomic E-state index is 12.5. The van der Waals surface area contributed by atoms with Crippen LogP contribution in [0.25, 0.3) is 0 Å². The van der Waals surface area contributed by atoms with E-state index in [1.165, 1.54) is 6.07 Å². The van der Waals surface area contributed by atoms with Crippen molar-refractivity contribution in [1.82, 2.24) is 4.90 Å². The standard InChI is InChI=1S/C16H21N3O4S/c1-3-15-11-18(7-8-23-15)16(20)12-19(24(2,21)22)14-6-4-5-13(9-14)10-17/h4-6,9,15H,3,7-8,11-12H2,1-2H3. The summed E-state index contributed by atoms with van der Waals surface area (Å²) >= 11 is 0. The Kier molecular flexibility index (Phi) is 5.80. The van der Waals surface area contributed by atoms with Crippen LogP contribution in [-0.2, 0) is 19.6 Å². The van der Waals surface area contributed by atoms with E-state index in [4.69, 9.17) is 10.00 Å². The Bertz CT molecular complexity index is 742. The van der Waals surface area contributed by atoms with Crippen LogP contribution in [0.15, 0.2) is 24.3 Å². The van der Waals surface area contributed by atoms with Gasteiger partial charge in [0, 0.05) is 13.1 Å². The maximum Gasteiger partial charge on any atom is 0.243 e. The summed E-state index contributed by atoms with van der Waals surface area (Å²) in [6.07, 6.45) is 1.83. The first kappa shape index (κ1) is 18.2. The molecule has 0 bridgehead atoms. The summed E-state index contributed by atoms with van der Waals surface area (Å²) in [6, 6.07) is 8.18. The highest BCUT2D eigenvalue weighted by Crippen LogP contribution is 2.19. The molecule has 1 unspecified atom stereocenters. The van der Waals surface area contributed by atoms with Gasteiger partial charge in [-0.1, -0.05) is 13.0 Å². The monoisotopic (exact) mass is 351 g/mol. The molecule has 1 atom stereocenters. The fourth-order valence-electron chi connectivity index (χ4n) is 2.55. The molecule has 1 aromatic rings. The van der Waals surface area contributed by atoms with Gasteiger partial charge in [-0.2, -0.15) is 5.26 Å². The average Bonchev–Trinajstić information content (AvgIpc) is 2.58. The van der Waals surface area contributed by atoms with Gasteiger partial charge in [-0.15, -0.1) is 0 Å². The smallest absolute Gasteiger partial charge is 0.243 e. The number of nitrogens with zero attached hydrogens (tertiary/aromatic N) is 3. The highest BCUT2D eigenvalue weighted by molar-refractivity contribution is 7.92. The second-order valence-electron chi connectivity index (χ2n) is 5.67. The van der Waals surface area contributed by atoms with E-state index < -0.39 is 10.0 Å². The SMILES string of the molecule is CCC1CN(C(=O)CN(c2cccc(C#N)c2)S(C)(=O)=O)CCO1. The van der Waals surface area contributed by atoms with Gasteiger partial charge in [0.2, 0.25) is 15.9 Å². The molecule has 1 aromatic carbocycles. The van der Waals surface area contributed by atoms with Crippen molar-refractivity contribution >= 4 is 21.6 Å². The van der Waals surface area contributed by atoms with Crippen LogP contribution in [0.2, 0.25) is 0 Å². The van der Waals surface area contributed by atoms with Crippen LogP contribution in [0, 0.1) is 11.3 Å². The second-order valence-corrected chi connectivity index (χ2v) is 7.58. The topological polar surface area (TPSA) is 90.7 Å². The Labute approximate surface area is 142 Å². The van der Waals surface area contributed by atoms with Crippen LogP contribution < -0.4 is 4.31 Å². The number of sulfonamides is 1. The number of amides is 1. The minimum Gasteiger partial charge on any atom is -0.375 e. The van der Waals surface area contributed by atoms with E-state index >= 15 is 0 Å². The minimum atomic E-state index is -3.65. The number of ether oxygens (including phenoxy) is 1. The number of hydrogen-bond acceptors (Lipinski definition) is 5. The molecule has 1 aliphatic rings. The van der Waals surface area contributed by atoms with Gasteiger partial charge < -0.3 is 9.64 Å². The zero-order valence-corrected chi connectivity index (χ0v) is 14.6.